The van der Waals surface area contributed by atoms with Crippen LogP contribution in [0.25, 0.3) is 10.9 Å². The number of aromatic nitrogens is 1. The van der Waals surface area contributed by atoms with Crippen molar-refractivity contribution in [2.45, 2.75) is 46.0 Å². The molecule has 0 spiro atoms. The molecule has 1 fully saturated rings. The summed E-state index contributed by atoms with van der Waals surface area (Å²) in [5.41, 5.74) is 2.51. The topological polar surface area (TPSA) is 71.5 Å². The maximum atomic E-state index is 13.7. The summed E-state index contributed by atoms with van der Waals surface area (Å²) >= 11 is 9.67. The van der Waals surface area contributed by atoms with Gasteiger partial charge in [0.05, 0.1) is 16.8 Å². The van der Waals surface area contributed by atoms with Gasteiger partial charge in [-0.25, -0.2) is 4.98 Å². The molecule has 1 saturated heterocycles. The van der Waals surface area contributed by atoms with Crippen molar-refractivity contribution in [3.8, 4) is 5.75 Å². The number of unbranched alkanes of at least 4 members (excludes halogenated alkanes) is 1. The van der Waals surface area contributed by atoms with Crippen molar-refractivity contribution in [3.05, 3.63) is 57.0 Å². The van der Waals surface area contributed by atoms with Gasteiger partial charge in [0.2, 0.25) is 0 Å². The van der Waals surface area contributed by atoms with Crippen molar-refractivity contribution >= 4 is 61.8 Å². The summed E-state index contributed by atoms with van der Waals surface area (Å²) < 4.78 is 6.40. The minimum Gasteiger partial charge on any atom is -0.424 e. The van der Waals surface area contributed by atoms with Crippen LogP contribution in [0.3, 0.4) is 0 Å². The lowest BCUT2D eigenvalue weighted by Crippen LogP contribution is -2.23. The fraction of sp³-hybridized carbons (Fsp3) is 0.346. The van der Waals surface area contributed by atoms with Gasteiger partial charge in [0.25, 0.3) is 5.91 Å². The zero-order chi connectivity index (χ0) is 24.2. The first-order chi connectivity index (χ1) is 16.4. The summed E-state index contributed by atoms with van der Waals surface area (Å²) in [6, 6.07) is 10.6. The van der Waals surface area contributed by atoms with Crippen LogP contribution in [0.1, 0.15) is 54.9 Å². The van der Waals surface area contributed by atoms with Gasteiger partial charge in [-0.05, 0) is 56.5 Å². The Hall–Kier alpha value is -2.64. The zero-order valence-corrected chi connectivity index (χ0v) is 21.6. The van der Waals surface area contributed by atoms with Crippen LogP contribution in [0, 0.1) is 6.92 Å². The van der Waals surface area contributed by atoms with Crippen LogP contribution >= 0.6 is 27.5 Å². The van der Waals surface area contributed by atoms with E-state index in [1.165, 1.54) is 0 Å². The summed E-state index contributed by atoms with van der Waals surface area (Å²) in [4.78, 5) is 33.0. The van der Waals surface area contributed by atoms with Crippen LogP contribution < -0.4 is 15.0 Å². The number of carbonyl (C=O) groups is 2. The first kappa shape index (κ1) is 24.5. The number of rotatable bonds is 7. The van der Waals surface area contributed by atoms with Gasteiger partial charge in [-0.2, -0.15) is 0 Å². The molecule has 3 aromatic rings. The first-order valence-corrected chi connectivity index (χ1v) is 12.7. The molecule has 0 radical (unpaired) electrons. The maximum Gasteiger partial charge on any atom is 0.311 e. The molecule has 0 unspecified atom stereocenters. The van der Waals surface area contributed by atoms with E-state index in [-0.39, 0.29) is 17.6 Å². The Labute approximate surface area is 212 Å². The van der Waals surface area contributed by atoms with E-state index in [2.05, 4.69) is 26.1 Å². The average molecular weight is 545 g/mol. The molecule has 1 N–H and O–H groups in total. The van der Waals surface area contributed by atoms with E-state index < -0.39 is 0 Å². The van der Waals surface area contributed by atoms with E-state index >= 15 is 0 Å². The van der Waals surface area contributed by atoms with Crippen LogP contribution in [0.15, 0.2) is 40.9 Å². The van der Waals surface area contributed by atoms with Gasteiger partial charge in [-0.3, -0.25) is 9.59 Å². The molecule has 0 saturated carbocycles. The van der Waals surface area contributed by atoms with Gasteiger partial charge < -0.3 is 15.0 Å². The van der Waals surface area contributed by atoms with Crippen molar-refractivity contribution in [2.75, 3.05) is 23.3 Å². The van der Waals surface area contributed by atoms with E-state index in [1.54, 1.807) is 18.2 Å². The molecule has 4 rings (SSSR count). The molecule has 1 aliphatic rings. The van der Waals surface area contributed by atoms with Crippen molar-refractivity contribution in [2.24, 2.45) is 0 Å². The van der Waals surface area contributed by atoms with E-state index in [9.17, 15) is 9.59 Å². The lowest BCUT2D eigenvalue weighted by Gasteiger charge is -2.22. The van der Waals surface area contributed by atoms with Crippen LogP contribution in [-0.4, -0.2) is 29.9 Å². The highest BCUT2D eigenvalue weighted by Gasteiger charge is 2.24. The molecular formula is C26H27BrClN3O3. The normalized spacial score (nSPS) is 13.4. The highest BCUT2D eigenvalue weighted by atomic mass is 79.9. The van der Waals surface area contributed by atoms with Gasteiger partial charge in [0.15, 0.2) is 5.75 Å². The number of carbonyl (C=O) groups excluding carboxylic acids is 2. The number of esters is 1. The Balaban J connectivity index is 1.73. The summed E-state index contributed by atoms with van der Waals surface area (Å²) in [6.07, 6.45) is 4.14. The molecule has 1 aliphatic heterocycles. The van der Waals surface area contributed by atoms with E-state index in [1.807, 2.05) is 32.0 Å². The predicted molar refractivity (Wildman–Crippen MR) is 140 cm³/mol. The minimum atomic E-state index is -0.356. The van der Waals surface area contributed by atoms with Crippen LogP contribution in [-0.2, 0) is 4.79 Å². The number of ether oxygens (including phenoxy) is 1. The highest BCUT2D eigenvalue weighted by molar-refractivity contribution is 9.10. The Kier molecular flexibility index (Phi) is 7.73. The molecule has 6 nitrogen and oxygen atoms in total. The number of anilines is 2. The fourth-order valence-corrected chi connectivity index (χ4v) is 4.73. The second kappa shape index (κ2) is 10.7. The van der Waals surface area contributed by atoms with E-state index in [0.717, 1.165) is 65.5 Å². The summed E-state index contributed by atoms with van der Waals surface area (Å²) in [6.45, 7) is 5.79. The fourth-order valence-electron chi connectivity index (χ4n) is 4.21. The minimum absolute atomic E-state index is 0.235. The number of fused-ring (bicyclic) bond motifs is 1. The molecule has 2 heterocycles. The van der Waals surface area contributed by atoms with Gasteiger partial charge in [-0.15, -0.1) is 0 Å². The third kappa shape index (κ3) is 5.36. The third-order valence-corrected chi connectivity index (χ3v) is 6.68. The first-order valence-electron chi connectivity index (χ1n) is 11.5. The van der Waals surface area contributed by atoms with Crippen molar-refractivity contribution in [3.63, 3.8) is 0 Å². The maximum absolute atomic E-state index is 13.7. The lowest BCUT2D eigenvalue weighted by atomic mass is 10.0. The van der Waals surface area contributed by atoms with Gasteiger partial charge in [-0.1, -0.05) is 40.9 Å². The Morgan fingerprint density at radius 2 is 1.94 bits per heavy atom. The summed E-state index contributed by atoms with van der Waals surface area (Å²) in [7, 11) is 0. The number of hydrogen-bond acceptors (Lipinski definition) is 5. The summed E-state index contributed by atoms with van der Waals surface area (Å²) in [5, 5.41) is 4.12. The molecule has 1 amide bonds. The van der Waals surface area contributed by atoms with Crippen LogP contribution in [0.5, 0.6) is 5.75 Å². The number of halogens is 2. The van der Waals surface area contributed by atoms with Gasteiger partial charge in [0.1, 0.15) is 5.82 Å². The van der Waals surface area contributed by atoms with Crippen molar-refractivity contribution < 1.29 is 14.3 Å². The standard InChI is InChI=1S/C26H27BrClN3O3/c1-3-4-7-23(32)34-22-15-18(28)9-11-21(22)30-26(33)24-16(2)25(31-12-5-6-13-31)29-20-10-8-17(27)14-19(20)24/h8-11,14-15H,3-7,12-13H2,1-2H3,(H,30,33). The quantitative estimate of drug-likeness (QED) is 0.259. The molecule has 34 heavy (non-hydrogen) atoms. The number of nitrogens with zero attached hydrogens (tertiary/aromatic N) is 2. The molecule has 1 aromatic heterocycles. The average Bonchev–Trinajstić information content (AvgIpc) is 3.33. The number of amides is 1. The van der Waals surface area contributed by atoms with Crippen LogP contribution in [0.4, 0.5) is 11.5 Å². The third-order valence-electron chi connectivity index (χ3n) is 5.95. The molecule has 178 valence electrons. The monoisotopic (exact) mass is 543 g/mol. The number of nitrogens with one attached hydrogen (secondary N) is 1. The molecule has 0 aliphatic carbocycles. The number of benzene rings is 2. The number of hydrogen-bond donors (Lipinski definition) is 1. The zero-order valence-electron chi connectivity index (χ0n) is 19.3. The van der Waals surface area contributed by atoms with Gasteiger partial charge in [0, 0.05) is 46.0 Å². The van der Waals surface area contributed by atoms with E-state index in [0.29, 0.717) is 22.7 Å². The molecule has 0 bridgehead atoms. The second-order valence-corrected chi connectivity index (χ2v) is 9.82. The Morgan fingerprint density at radius 1 is 1.18 bits per heavy atom. The smallest absolute Gasteiger partial charge is 0.311 e. The highest BCUT2D eigenvalue weighted by Crippen LogP contribution is 2.34. The SMILES string of the molecule is CCCCC(=O)Oc1cc(Cl)ccc1NC(=O)c1c(C)c(N2CCCC2)nc2ccc(Br)cc12. The Bertz CT molecular complexity index is 1240. The van der Waals surface area contributed by atoms with Gasteiger partial charge >= 0.3 is 5.97 Å². The molecular weight excluding hydrogens is 518 g/mol. The largest absolute Gasteiger partial charge is 0.424 e. The van der Waals surface area contributed by atoms with Crippen molar-refractivity contribution in [1.82, 2.24) is 4.98 Å². The Morgan fingerprint density at radius 3 is 2.68 bits per heavy atom. The van der Waals surface area contributed by atoms with E-state index in [4.69, 9.17) is 21.3 Å². The number of pyridine rings is 1. The van der Waals surface area contributed by atoms with Crippen LogP contribution in [0.2, 0.25) is 5.02 Å². The predicted octanol–water partition coefficient (Wildman–Crippen LogP) is 6.91. The molecule has 0 atom stereocenters. The lowest BCUT2D eigenvalue weighted by molar-refractivity contribution is -0.134. The summed E-state index contributed by atoms with van der Waals surface area (Å²) in [5.74, 6) is 0.417. The van der Waals surface area contributed by atoms with Crippen molar-refractivity contribution in [1.29, 1.82) is 0 Å². The molecule has 8 heteroatoms. The molecule has 2 aromatic carbocycles. The second-order valence-electron chi connectivity index (χ2n) is 8.46.